The van der Waals surface area contributed by atoms with Crippen LogP contribution in [0.3, 0.4) is 0 Å². The summed E-state index contributed by atoms with van der Waals surface area (Å²) in [6.07, 6.45) is 2.96. The van der Waals surface area contributed by atoms with Crippen LogP contribution in [-0.4, -0.2) is 37.7 Å². The molecule has 2 aliphatic rings. The highest BCUT2D eigenvalue weighted by molar-refractivity contribution is 5.24. The van der Waals surface area contributed by atoms with Gasteiger partial charge < -0.3 is 10.1 Å². The molecule has 2 fully saturated rings. The van der Waals surface area contributed by atoms with E-state index in [4.69, 9.17) is 4.74 Å². The molecular weight excluding hydrogens is 224 g/mol. The molecule has 3 heteroatoms. The molecule has 2 heterocycles. The molecule has 0 radical (unpaired) electrons. The van der Waals surface area contributed by atoms with Gasteiger partial charge in [-0.1, -0.05) is 24.3 Å². The van der Waals surface area contributed by atoms with Crippen molar-refractivity contribution in [3.8, 4) is 0 Å². The summed E-state index contributed by atoms with van der Waals surface area (Å²) in [6.45, 7) is 6.36. The molecule has 1 unspecified atom stereocenters. The summed E-state index contributed by atoms with van der Waals surface area (Å²) in [7, 11) is 0. The second-order valence-electron chi connectivity index (χ2n) is 5.29. The maximum Gasteiger partial charge on any atom is 0.0949 e. The highest BCUT2D eigenvalue weighted by atomic mass is 16.5. The minimum Gasteiger partial charge on any atom is -0.371 e. The average Bonchev–Trinajstić information content (AvgIpc) is 2.94. The molecular formula is C15H22N2O. The first-order chi connectivity index (χ1) is 8.92. The Kier molecular flexibility index (Phi) is 3.93. The average molecular weight is 246 g/mol. The fourth-order valence-corrected chi connectivity index (χ4v) is 2.82. The fourth-order valence-electron chi connectivity index (χ4n) is 2.82. The molecule has 1 atom stereocenters. The number of hydrogen-bond donors (Lipinski definition) is 1. The Morgan fingerprint density at radius 2 is 1.94 bits per heavy atom. The minimum atomic E-state index is 0.236. The van der Waals surface area contributed by atoms with Crippen molar-refractivity contribution in [2.45, 2.75) is 25.5 Å². The number of nitrogens with zero attached hydrogens (tertiary/aromatic N) is 1. The van der Waals surface area contributed by atoms with Crippen molar-refractivity contribution in [2.24, 2.45) is 0 Å². The van der Waals surface area contributed by atoms with E-state index in [1.54, 1.807) is 0 Å². The Morgan fingerprint density at radius 3 is 2.61 bits per heavy atom. The number of likely N-dealkylation sites (tertiary alicyclic amines) is 1. The van der Waals surface area contributed by atoms with E-state index in [1.165, 1.54) is 37.1 Å². The zero-order valence-corrected chi connectivity index (χ0v) is 10.9. The smallest absolute Gasteiger partial charge is 0.0949 e. The van der Waals surface area contributed by atoms with Gasteiger partial charge in [-0.15, -0.1) is 0 Å². The van der Waals surface area contributed by atoms with Crippen LogP contribution in [0.4, 0.5) is 0 Å². The van der Waals surface area contributed by atoms with Crippen molar-refractivity contribution in [2.75, 3.05) is 32.8 Å². The SMILES string of the molecule is c1cc(C2CNCCO2)ccc1CN1CCCC1. The summed E-state index contributed by atoms with van der Waals surface area (Å²) >= 11 is 0. The van der Waals surface area contributed by atoms with E-state index in [9.17, 15) is 0 Å². The third kappa shape index (κ3) is 2.91. The zero-order valence-electron chi connectivity index (χ0n) is 10.9. The lowest BCUT2D eigenvalue weighted by Gasteiger charge is -2.24. The number of rotatable bonds is 3. The molecule has 18 heavy (non-hydrogen) atoms. The van der Waals surface area contributed by atoms with Gasteiger partial charge in [-0.2, -0.15) is 0 Å². The number of morpholine rings is 1. The molecule has 1 aromatic rings. The number of hydrogen-bond acceptors (Lipinski definition) is 3. The first kappa shape index (κ1) is 12.2. The second kappa shape index (κ2) is 5.83. The normalized spacial score (nSPS) is 25.4. The van der Waals surface area contributed by atoms with Crippen molar-refractivity contribution >= 4 is 0 Å². The third-order valence-corrected chi connectivity index (χ3v) is 3.88. The van der Waals surface area contributed by atoms with E-state index in [0.29, 0.717) is 0 Å². The van der Waals surface area contributed by atoms with E-state index >= 15 is 0 Å². The zero-order chi connectivity index (χ0) is 12.2. The van der Waals surface area contributed by atoms with E-state index in [0.717, 1.165) is 26.2 Å². The topological polar surface area (TPSA) is 24.5 Å². The van der Waals surface area contributed by atoms with Gasteiger partial charge in [0.2, 0.25) is 0 Å². The lowest BCUT2D eigenvalue weighted by atomic mass is 10.1. The fraction of sp³-hybridized carbons (Fsp3) is 0.600. The van der Waals surface area contributed by atoms with Crippen LogP contribution >= 0.6 is 0 Å². The molecule has 0 bridgehead atoms. The van der Waals surface area contributed by atoms with E-state index in [2.05, 4.69) is 34.5 Å². The van der Waals surface area contributed by atoms with Crippen molar-refractivity contribution in [3.63, 3.8) is 0 Å². The molecule has 0 aromatic heterocycles. The molecule has 3 nitrogen and oxygen atoms in total. The highest BCUT2D eigenvalue weighted by Gasteiger charge is 2.16. The van der Waals surface area contributed by atoms with Crippen LogP contribution in [0.25, 0.3) is 0 Å². The molecule has 0 amide bonds. The van der Waals surface area contributed by atoms with Gasteiger partial charge in [0.25, 0.3) is 0 Å². The van der Waals surface area contributed by atoms with Crippen molar-refractivity contribution < 1.29 is 4.74 Å². The first-order valence-electron chi connectivity index (χ1n) is 7.05. The minimum absolute atomic E-state index is 0.236. The Bertz CT molecular complexity index is 365. The number of ether oxygens (including phenoxy) is 1. The lowest BCUT2D eigenvalue weighted by molar-refractivity contribution is 0.0277. The highest BCUT2D eigenvalue weighted by Crippen LogP contribution is 2.20. The maximum absolute atomic E-state index is 5.76. The Morgan fingerprint density at radius 1 is 1.17 bits per heavy atom. The van der Waals surface area contributed by atoms with Crippen LogP contribution in [0, 0.1) is 0 Å². The Balaban J connectivity index is 1.60. The van der Waals surface area contributed by atoms with E-state index in [-0.39, 0.29) is 6.10 Å². The second-order valence-corrected chi connectivity index (χ2v) is 5.29. The quantitative estimate of drug-likeness (QED) is 0.882. The van der Waals surface area contributed by atoms with Crippen molar-refractivity contribution in [3.05, 3.63) is 35.4 Å². The van der Waals surface area contributed by atoms with Gasteiger partial charge in [0.15, 0.2) is 0 Å². The van der Waals surface area contributed by atoms with Gasteiger partial charge in [0.05, 0.1) is 12.7 Å². The van der Waals surface area contributed by atoms with Crippen molar-refractivity contribution in [1.82, 2.24) is 10.2 Å². The lowest BCUT2D eigenvalue weighted by Crippen LogP contribution is -2.33. The summed E-state index contributed by atoms with van der Waals surface area (Å²) in [5, 5.41) is 3.37. The van der Waals surface area contributed by atoms with Crippen LogP contribution in [0.1, 0.15) is 30.1 Å². The van der Waals surface area contributed by atoms with Crippen LogP contribution in [0.2, 0.25) is 0 Å². The summed E-state index contributed by atoms with van der Waals surface area (Å²) in [5.41, 5.74) is 2.72. The molecule has 0 aliphatic carbocycles. The van der Waals surface area contributed by atoms with Gasteiger partial charge in [0.1, 0.15) is 0 Å². The summed E-state index contributed by atoms with van der Waals surface area (Å²) in [6, 6.07) is 8.96. The largest absolute Gasteiger partial charge is 0.371 e. The van der Waals surface area contributed by atoms with Gasteiger partial charge in [-0.25, -0.2) is 0 Å². The molecule has 2 aliphatic heterocycles. The van der Waals surface area contributed by atoms with Crippen LogP contribution < -0.4 is 5.32 Å². The predicted octanol–water partition coefficient (Wildman–Crippen LogP) is 1.94. The molecule has 1 N–H and O–H groups in total. The third-order valence-electron chi connectivity index (χ3n) is 3.88. The maximum atomic E-state index is 5.76. The number of benzene rings is 1. The first-order valence-corrected chi connectivity index (χ1v) is 7.05. The summed E-state index contributed by atoms with van der Waals surface area (Å²) < 4.78 is 5.76. The van der Waals surface area contributed by atoms with E-state index < -0.39 is 0 Å². The van der Waals surface area contributed by atoms with Crippen LogP contribution in [-0.2, 0) is 11.3 Å². The van der Waals surface area contributed by atoms with Gasteiger partial charge in [0, 0.05) is 19.6 Å². The molecule has 0 spiro atoms. The standard InChI is InChI=1S/C15H22N2O/c1-2-9-17(8-1)12-13-3-5-14(6-4-13)15-11-16-7-10-18-15/h3-6,15-16H,1-2,7-12H2. The van der Waals surface area contributed by atoms with Crippen LogP contribution in [0.15, 0.2) is 24.3 Å². The molecule has 2 saturated heterocycles. The van der Waals surface area contributed by atoms with Gasteiger partial charge in [-0.05, 0) is 37.1 Å². The predicted molar refractivity (Wildman–Crippen MR) is 72.5 cm³/mol. The number of nitrogens with one attached hydrogen (secondary N) is 1. The Hall–Kier alpha value is -0.900. The summed E-state index contributed by atoms with van der Waals surface area (Å²) in [4.78, 5) is 2.54. The van der Waals surface area contributed by atoms with E-state index in [1.807, 2.05) is 0 Å². The van der Waals surface area contributed by atoms with Gasteiger partial charge >= 0.3 is 0 Å². The monoisotopic (exact) mass is 246 g/mol. The van der Waals surface area contributed by atoms with Crippen LogP contribution in [0.5, 0.6) is 0 Å². The summed E-state index contributed by atoms with van der Waals surface area (Å²) in [5.74, 6) is 0. The van der Waals surface area contributed by atoms with Crippen molar-refractivity contribution in [1.29, 1.82) is 0 Å². The van der Waals surface area contributed by atoms with Gasteiger partial charge in [-0.3, -0.25) is 4.90 Å². The molecule has 0 saturated carbocycles. The molecule has 3 rings (SSSR count). The Labute approximate surface area is 109 Å². The molecule has 1 aromatic carbocycles. The molecule has 98 valence electrons.